The van der Waals surface area contributed by atoms with Gasteiger partial charge in [-0.3, -0.25) is 0 Å². The molecular weight excluding hydrogens is 126 g/mol. The summed E-state index contributed by atoms with van der Waals surface area (Å²) < 4.78 is 0. The van der Waals surface area contributed by atoms with Crippen LogP contribution in [0.2, 0.25) is 0 Å². The van der Waals surface area contributed by atoms with Crippen molar-refractivity contribution in [3.8, 4) is 0 Å². The van der Waals surface area contributed by atoms with E-state index >= 15 is 0 Å². The van der Waals surface area contributed by atoms with E-state index in [9.17, 15) is 0 Å². The summed E-state index contributed by atoms with van der Waals surface area (Å²) in [5.41, 5.74) is 11.9. The van der Waals surface area contributed by atoms with Crippen LogP contribution in [0.15, 0.2) is 29.0 Å². The first-order valence-corrected chi connectivity index (χ1v) is 2.96. The van der Waals surface area contributed by atoms with E-state index in [2.05, 4.69) is 11.6 Å². The molecule has 0 atom stereocenters. The summed E-state index contributed by atoms with van der Waals surface area (Å²) >= 11 is 0. The molecule has 0 unspecified atom stereocenters. The van der Waals surface area contributed by atoms with E-state index in [1.807, 2.05) is 6.92 Å². The maximum absolute atomic E-state index is 5.31. The second-order valence-electron chi connectivity index (χ2n) is 2.11. The lowest BCUT2D eigenvalue weighted by molar-refractivity contribution is 1.25. The number of hydrogen-bond donors (Lipinski definition) is 2. The molecule has 0 aliphatic rings. The topological polar surface area (TPSA) is 64.4 Å². The predicted molar refractivity (Wildman–Crippen MR) is 44.4 cm³/mol. The van der Waals surface area contributed by atoms with Crippen molar-refractivity contribution >= 4 is 5.84 Å². The minimum absolute atomic E-state index is 0.488. The van der Waals surface area contributed by atoms with E-state index in [1.165, 1.54) is 0 Å². The van der Waals surface area contributed by atoms with Crippen LogP contribution < -0.4 is 11.5 Å². The lowest BCUT2D eigenvalue weighted by Crippen LogP contribution is -2.05. The second-order valence-corrected chi connectivity index (χ2v) is 2.11. The van der Waals surface area contributed by atoms with Crippen LogP contribution in [0.4, 0.5) is 0 Å². The van der Waals surface area contributed by atoms with Crippen molar-refractivity contribution in [1.82, 2.24) is 0 Å². The SMILES string of the molecule is C=C(N)/C=C(C)\N=C(\C)N. The highest BCUT2D eigenvalue weighted by molar-refractivity contribution is 5.78. The summed E-state index contributed by atoms with van der Waals surface area (Å²) in [4.78, 5) is 3.93. The highest BCUT2D eigenvalue weighted by Gasteiger charge is 1.84. The normalized spacial score (nSPS) is 13.4. The summed E-state index contributed by atoms with van der Waals surface area (Å²) in [5, 5.41) is 0. The Kier molecular flexibility index (Phi) is 3.25. The molecule has 3 heteroatoms. The van der Waals surface area contributed by atoms with E-state index in [1.54, 1.807) is 13.0 Å². The monoisotopic (exact) mass is 139 g/mol. The first kappa shape index (κ1) is 8.75. The maximum atomic E-state index is 5.31. The van der Waals surface area contributed by atoms with Crippen molar-refractivity contribution in [3.05, 3.63) is 24.0 Å². The van der Waals surface area contributed by atoms with Gasteiger partial charge in [-0.15, -0.1) is 0 Å². The molecule has 0 rings (SSSR count). The largest absolute Gasteiger partial charge is 0.399 e. The van der Waals surface area contributed by atoms with Crippen molar-refractivity contribution in [2.45, 2.75) is 13.8 Å². The Hall–Kier alpha value is -1.25. The van der Waals surface area contributed by atoms with Gasteiger partial charge in [0.25, 0.3) is 0 Å². The lowest BCUT2D eigenvalue weighted by atomic mass is 10.4. The molecule has 0 aliphatic heterocycles. The molecule has 0 bridgehead atoms. The zero-order valence-electron chi connectivity index (χ0n) is 6.39. The molecule has 3 nitrogen and oxygen atoms in total. The van der Waals surface area contributed by atoms with E-state index in [4.69, 9.17) is 11.5 Å². The quantitative estimate of drug-likeness (QED) is 0.336. The molecule has 10 heavy (non-hydrogen) atoms. The number of hydrogen-bond acceptors (Lipinski definition) is 2. The third-order valence-corrected chi connectivity index (χ3v) is 0.747. The molecule has 0 spiro atoms. The summed E-state index contributed by atoms with van der Waals surface area (Å²) in [6.45, 7) is 7.03. The fraction of sp³-hybridized carbons (Fsp3) is 0.286. The fourth-order valence-corrected chi connectivity index (χ4v) is 0.579. The highest BCUT2D eigenvalue weighted by Crippen LogP contribution is 1.96. The van der Waals surface area contributed by atoms with Gasteiger partial charge in [0.15, 0.2) is 0 Å². The van der Waals surface area contributed by atoms with Crippen molar-refractivity contribution in [2.75, 3.05) is 0 Å². The Morgan fingerprint density at radius 2 is 1.90 bits per heavy atom. The number of allylic oxidation sites excluding steroid dienone is 2. The Morgan fingerprint density at radius 1 is 1.40 bits per heavy atom. The Morgan fingerprint density at radius 3 is 2.20 bits per heavy atom. The molecule has 0 aromatic heterocycles. The molecule has 0 aromatic rings. The highest BCUT2D eigenvalue weighted by atomic mass is 14.8. The van der Waals surface area contributed by atoms with Gasteiger partial charge in [0.2, 0.25) is 0 Å². The van der Waals surface area contributed by atoms with E-state index < -0.39 is 0 Å². The summed E-state index contributed by atoms with van der Waals surface area (Å²) in [6.07, 6.45) is 1.66. The molecule has 0 aliphatic carbocycles. The average molecular weight is 139 g/mol. The predicted octanol–water partition coefficient (Wildman–Crippen LogP) is 0.740. The molecular formula is C7H13N3. The lowest BCUT2D eigenvalue weighted by Gasteiger charge is -1.93. The van der Waals surface area contributed by atoms with Gasteiger partial charge >= 0.3 is 0 Å². The molecule has 0 amide bonds. The summed E-state index contributed by atoms with van der Waals surface area (Å²) in [5.74, 6) is 0.523. The third kappa shape index (κ3) is 4.90. The van der Waals surface area contributed by atoms with Gasteiger partial charge in [0, 0.05) is 11.4 Å². The zero-order valence-corrected chi connectivity index (χ0v) is 6.39. The maximum Gasteiger partial charge on any atom is 0.0960 e. The van der Waals surface area contributed by atoms with Crippen LogP contribution >= 0.6 is 0 Å². The number of aliphatic imine (C=N–C) groups is 1. The van der Waals surface area contributed by atoms with Crippen LogP contribution in [0, 0.1) is 0 Å². The minimum atomic E-state index is 0.488. The van der Waals surface area contributed by atoms with Gasteiger partial charge < -0.3 is 11.5 Å². The van der Waals surface area contributed by atoms with E-state index in [0.29, 0.717) is 11.5 Å². The molecule has 4 N–H and O–H groups in total. The average Bonchev–Trinajstić information content (AvgIpc) is 1.58. The van der Waals surface area contributed by atoms with Crippen LogP contribution in [-0.2, 0) is 0 Å². The van der Waals surface area contributed by atoms with Crippen LogP contribution in [0.3, 0.4) is 0 Å². The van der Waals surface area contributed by atoms with Gasteiger partial charge in [0.05, 0.1) is 5.84 Å². The molecule has 0 saturated heterocycles. The smallest absolute Gasteiger partial charge is 0.0960 e. The van der Waals surface area contributed by atoms with Crippen molar-refractivity contribution in [1.29, 1.82) is 0 Å². The first-order valence-electron chi connectivity index (χ1n) is 2.96. The standard InChI is InChI=1S/C7H13N3/c1-5(8)4-6(2)10-7(3)9/h4H,1,8H2,2-3H3,(H2,9,10)/b6-4-. The number of rotatable bonds is 2. The van der Waals surface area contributed by atoms with Crippen molar-refractivity contribution < 1.29 is 0 Å². The van der Waals surface area contributed by atoms with Gasteiger partial charge in [0.1, 0.15) is 0 Å². The minimum Gasteiger partial charge on any atom is -0.399 e. The molecule has 0 fully saturated rings. The summed E-state index contributed by atoms with van der Waals surface area (Å²) in [6, 6.07) is 0. The molecule has 0 saturated carbocycles. The first-order chi connectivity index (χ1) is 4.52. The van der Waals surface area contributed by atoms with E-state index in [0.717, 1.165) is 5.70 Å². The van der Waals surface area contributed by atoms with Crippen LogP contribution in [-0.4, -0.2) is 5.84 Å². The Labute approximate surface area is 61.1 Å². The summed E-state index contributed by atoms with van der Waals surface area (Å²) in [7, 11) is 0. The number of amidine groups is 1. The molecule has 56 valence electrons. The van der Waals surface area contributed by atoms with Crippen LogP contribution in [0.25, 0.3) is 0 Å². The Balaban J connectivity index is 4.22. The molecule has 0 aromatic carbocycles. The fourth-order valence-electron chi connectivity index (χ4n) is 0.579. The number of nitrogens with zero attached hydrogens (tertiary/aromatic N) is 1. The molecule has 0 radical (unpaired) electrons. The second kappa shape index (κ2) is 3.71. The third-order valence-electron chi connectivity index (χ3n) is 0.747. The van der Waals surface area contributed by atoms with Gasteiger partial charge in [-0.2, -0.15) is 0 Å². The van der Waals surface area contributed by atoms with Crippen LogP contribution in [0.1, 0.15) is 13.8 Å². The van der Waals surface area contributed by atoms with E-state index in [-0.39, 0.29) is 0 Å². The van der Waals surface area contributed by atoms with Crippen molar-refractivity contribution in [2.24, 2.45) is 16.5 Å². The van der Waals surface area contributed by atoms with Crippen molar-refractivity contribution in [3.63, 3.8) is 0 Å². The van der Waals surface area contributed by atoms with Gasteiger partial charge in [-0.1, -0.05) is 6.58 Å². The van der Waals surface area contributed by atoms with Crippen LogP contribution in [0.5, 0.6) is 0 Å². The Bertz CT molecular complexity index is 185. The zero-order chi connectivity index (χ0) is 8.15. The van der Waals surface area contributed by atoms with Gasteiger partial charge in [-0.05, 0) is 19.9 Å². The number of nitrogens with two attached hydrogens (primary N) is 2. The molecule has 0 heterocycles. The van der Waals surface area contributed by atoms with Gasteiger partial charge in [-0.25, -0.2) is 4.99 Å².